The second-order valence-electron chi connectivity index (χ2n) is 6.63. The summed E-state index contributed by atoms with van der Waals surface area (Å²) >= 11 is 1.92. The maximum atomic E-state index is 5.54. The van der Waals surface area contributed by atoms with Crippen molar-refractivity contribution in [1.29, 1.82) is 0 Å². The lowest BCUT2D eigenvalue weighted by atomic mass is 10.1. The van der Waals surface area contributed by atoms with Gasteiger partial charge in [0.1, 0.15) is 0 Å². The lowest BCUT2D eigenvalue weighted by Gasteiger charge is -2.26. The van der Waals surface area contributed by atoms with Crippen LogP contribution in [0.4, 0.5) is 5.69 Å². The lowest BCUT2D eigenvalue weighted by molar-refractivity contribution is 0.221. The van der Waals surface area contributed by atoms with Crippen LogP contribution in [0, 0.1) is 0 Å². The van der Waals surface area contributed by atoms with Crippen molar-refractivity contribution >= 4 is 28.4 Å². The van der Waals surface area contributed by atoms with E-state index in [0.717, 1.165) is 28.9 Å². The second-order valence-corrected chi connectivity index (χ2v) is 7.97. The molecule has 0 radical (unpaired) electrons. The number of fused-ring (bicyclic) bond motifs is 1. The predicted molar refractivity (Wildman–Crippen MR) is 117 cm³/mol. The molecule has 0 aliphatic carbocycles. The molecule has 26 heavy (non-hydrogen) atoms. The van der Waals surface area contributed by atoms with Crippen molar-refractivity contribution in [3.8, 4) is 0 Å². The fourth-order valence-corrected chi connectivity index (χ4v) is 3.86. The lowest BCUT2D eigenvalue weighted by Crippen LogP contribution is -2.28. The second kappa shape index (κ2) is 9.64. The van der Waals surface area contributed by atoms with Gasteiger partial charge in [0, 0.05) is 25.4 Å². The number of nitrogens with zero attached hydrogens (tertiary/aromatic N) is 2. The van der Waals surface area contributed by atoms with Gasteiger partial charge in [-0.3, -0.25) is 10.00 Å². The van der Waals surface area contributed by atoms with Gasteiger partial charge in [0.05, 0.1) is 11.7 Å². The molecule has 3 N–H and O–H groups in total. The first-order valence-electron chi connectivity index (χ1n) is 9.37. The van der Waals surface area contributed by atoms with Gasteiger partial charge in [-0.2, -0.15) is 5.10 Å². The Kier molecular flexibility index (Phi) is 6.97. The molecule has 142 valence electrons. The minimum atomic E-state index is 0. The Morgan fingerprint density at radius 3 is 2.62 bits per heavy atom. The molecule has 2 aromatic carbocycles. The summed E-state index contributed by atoms with van der Waals surface area (Å²) < 4.78 is 0. The first-order chi connectivity index (χ1) is 12.7. The number of piperidine rings is 1. The van der Waals surface area contributed by atoms with E-state index in [0.29, 0.717) is 0 Å². The largest absolute Gasteiger partial charge is 0.399 e. The number of nitrogen functional groups attached to an aromatic ring is 1. The van der Waals surface area contributed by atoms with Crippen LogP contribution in [0.2, 0.25) is 0 Å². The number of rotatable bonds is 4. The van der Waals surface area contributed by atoms with Crippen LogP contribution in [0.3, 0.4) is 0 Å². The molecule has 0 unspecified atom stereocenters. The maximum Gasteiger partial charge on any atom is 0.0651 e. The molecule has 0 saturated carbocycles. The number of H-pyrrole nitrogens is 1. The van der Waals surface area contributed by atoms with E-state index >= 15 is 0 Å². The molecule has 0 bridgehead atoms. The van der Waals surface area contributed by atoms with Gasteiger partial charge in [-0.1, -0.05) is 25.5 Å². The Hall–Kier alpha value is -1.98. The van der Waals surface area contributed by atoms with Gasteiger partial charge in [0.25, 0.3) is 0 Å². The van der Waals surface area contributed by atoms with Crippen molar-refractivity contribution in [3.05, 3.63) is 54.2 Å². The van der Waals surface area contributed by atoms with Crippen LogP contribution in [0.25, 0.3) is 10.9 Å². The summed E-state index contributed by atoms with van der Waals surface area (Å²) in [6, 6.07) is 14.7. The normalized spacial score (nSPS) is 14.8. The number of benzene rings is 2. The molecule has 0 amide bonds. The monoisotopic (exact) mass is 372 g/mol. The van der Waals surface area contributed by atoms with Crippen molar-refractivity contribution in [2.45, 2.75) is 37.6 Å². The zero-order chi connectivity index (χ0) is 18.2. The Morgan fingerprint density at radius 1 is 1.12 bits per heavy atom. The first kappa shape index (κ1) is 18.8. The number of hydrogen-bond donors (Lipinski definition) is 2. The van der Waals surface area contributed by atoms with E-state index in [1.165, 1.54) is 42.8 Å². The van der Waals surface area contributed by atoms with Gasteiger partial charge >= 0.3 is 0 Å². The summed E-state index contributed by atoms with van der Waals surface area (Å²) in [7, 11) is 0. The zero-order valence-electron chi connectivity index (χ0n) is 15.4. The summed E-state index contributed by atoms with van der Waals surface area (Å²) in [5.41, 5.74) is 8.80. The summed E-state index contributed by atoms with van der Waals surface area (Å²) in [5.74, 6) is 1.16. The van der Waals surface area contributed by atoms with E-state index in [-0.39, 0.29) is 2.85 Å². The van der Waals surface area contributed by atoms with Crippen LogP contribution in [0.15, 0.2) is 53.6 Å². The minimum absolute atomic E-state index is 0. The number of likely N-dealkylation sites (tertiary alicyclic amines) is 1. The smallest absolute Gasteiger partial charge is 0.0651 e. The van der Waals surface area contributed by atoms with Crippen molar-refractivity contribution in [2.24, 2.45) is 0 Å². The number of anilines is 1. The van der Waals surface area contributed by atoms with E-state index in [1.807, 2.05) is 30.0 Å². The fourth-order valence-electron chi connectivity index (χ4n) is 3.19. The number of hydrogen-bond acceptors (Lipinski definition) is 4. The van der Waals surface area contributed by atoms with Crippen molar-refractivity contribution in [3.63, 3.8) is 0 Å². The first-order valence-corrected chi connectivity index (χ1v) is 10.4. The Balaban J connectivity index is 0.000000284. The summed E-state index contributed by atoms with van der Waals surface area (Å²) in [6.45, 7) is 5.90. The quantitative estimate of drug-likeness (QED) is 0.474. The van der Waals surface area contributed by atoms with Crippen molar-refractivity contribution in [2.75, 3.05) is 24.6 Å². The topological polar surface area (TPSA) is 57.9 Å². The SMILES string of the molecule is CCSc1ccc(CN2CCCCC2)cc1.Nc1ccc2[nH]ncc2c1.[HH].[HH]. The number of aromatic amines is 1. The van der Waals surface area contributed by atoms with Crippen molar-refractivity contribution in [1.82, 2.24) is 15.1 Å². The highest BCUT2D eigenvalue weighted by Crippen LogP contribution is 2.19. The molecule has 1 aliphatic rings. The van der Waals surface area contributed by atoms with E-state index in [2.05, 4.69) is 46.3 Å². The third-order valence-electron chi connectivity index (χ3n) is 4.55. The molecular formula is C21H32N4S. The van der Waals surface area contributed by atoms with Gasteiger partial charge in [0.2, 0.25) is 0 Å². The predicted octanol–water partition coefficient (Wildman–Crippen LogP) is 5.42. The third-order valence-corrected chi connectivity index (χ3v) is 5.45. The van der Waals surface area contributed by atoms with Gasteiger partial charge in [-0.25, -0.2) is 0 Å². The summed E-state index contributed by atoms with van der Waals surface area (Å²) in [4.78, 5) is 3.97. The van der Waals surface area contributed by atoms with E-state index in [1.54, 1.807) is 6.20 Å². The zero-order valence-corrected chi connectivity index (χ0v) is 16.3. The van der Waals surface area contributed by atoms with E-state index in [9.17, 15) is 0 Å². The molecule has 4 nitrogen and oxygen atoms in total. The van der Waals surface area contributed by atoms with E-state index < -0.39 is 0 Å². The average molecular weight is 373 g/mol. The molecule has 1 saturated heterocycles. The average Bonchev–Trinajstić information content (AvgIpc) is 3.13. The molecule has 3 aromatic rings. The Morgan fingerprint density at radius 2 is 1.88 bits per heavy atom. The Bertz CT molecular complexity index is 802. The van der Waals surface area contributed by atoms with Crippen LogP contribution in [0.1, 0.15) is 34.6 Å². The molecule has 0 spiro atoms. The van der Waals surface area contributed by atoms with Crippen LogP contribution >= 0.6 is 11.8 Å². The van der Waals surface area contributed by atoms with Crippen LogP contribution in [-0.2, 0) is 6.54 Å². The summed E-state index contributed by atoms with van der Waals surface area (Å²) in [6.07, 6.45) is 5.93. The number of nitrogens with one attached hydrogen (secondary N) is 1. The van der Waals surface area contributed by atoms with Gasteiger partial charge < -0.3 is 5.73 Å². The highest BCUT2D eigenvalue weighted by Gasteiger charge is 2.09. The molecule has 1 aromatic heterocycles. The van der Waals surface area contributed by atoms with Crippen LogP contribution < -0.4 is 5.73 Å². The fraction of sp³-hybridized carbons (Fsp3) is 0.381. The van der Waals surface area contributed by atoms with Gasteiger partial charge in [-0.05, 0) is 67.6 Å². The summed E-state index contributed by atoms with van der Waals surface area (Å²) in [5, 5.41) is 7.76. The molecule has 0 atom stereocenters. The molecule has 5 heteroatoms. The molecule has 4 rings (SSSR count). The molecule has 1 aliphatic heterocycles. The minimum Gasteiger partial charge on any atom is -0.399 e. The molecule has 1 fully saturated rings. The number of aromatic nitrogens is 2. The number of nitrogens with two attached hydrogens (primary N) is 1. The third kappa shape index (κ3) is 5.51. The van der Waals surface area contributed by atoms with E-state index in [4.69, 9.17) is 5.73 Å². The standard InChI is InChI=1S/C14H21NS.C7H7N3.2H2/c1-2-16-14-8-6-13(7-9-14)12-15-10-4-3-5-11-15;8-6-1-2-7-5(3-6)4-9-10-7;;/h6-9H,2-5,10-12H2,1H3;1-4H,8H2,(H,9,10);2*1H. The highest BCUT2D eigenvalue weighted by molar-refractivity contribution is 7.99. The van der Waals surface area contributed by atoms with Gasteiger partial charge in [-0.15, -0.1) is 11.8 Å². The van der Waals surface area contributed by atoms with Crippen LogP contribution in [0.5, 0.6) is 0 Å². The van der Waals surface area contributed by atoms with Crippen molar-refractivity contribution < 1.29 is 2.85 Å². The maximum absolute atomic E-state index is 5.54. The van der Waals surface area contributed by atoms with Gasteiger partial charge in [0.15, 0.2) is 0 Å². The Labute approximate surface area is 163 Å². The van der Waals surface area contributed by atoms with Crippen LogP contribution in [-0.4, -0.2) is 33.9 Å². The molecule has 2 heterocycles. The number of thioether (sulfide) groups is 1. The highest BCUT2D eigenvalue weighted by atomic mass is 32.2. The molecular weight excluding hydrogens is 340 g/mol.